The van der Waals surface area contributed by atoms with E-state index in [1.165, 1.54) is 12.3 Å². The fraction of sp³-hybridized carbons (Fsp3) is 0.118. The van der Waals surface area contributed by atoms with Crippen LogP contribution in [0.1, 0.15) is 11.5 Å². The average molecular weight is 309 g/mol. The van der Waals surface area contributed by atoms with Crippen molar-refractivity contribution >= 4 is 11.7 Å². The first kappa shape index (κ1) is 14.8. The molecule has 0 spiro atoms. The highest BCUT2D eigenvalue weighted by atomic mass is 16.4. The first-order valence-electron chi connectivity index (χ1n) is 7.09. The summed E-state index contributed by atoms with van der Waals surface area (Å²) in [5.41, 5.74) is 1.40. The number of aromatic nitrogens is 2. The molecule has 0 bridgehead atoms. The van der Waals surface area contributed by atoms with Gasteiger partial charge in [-0.3, -0.25) is 4.79 Å². The number of hydrogen-bond donors (Lipinski definition) is 2. The Morgan fingerprint density at radius 2 is 2.00 bits per heavy atom. The van der Waals surface area contributed by atoms with E-state index in [1.807, 2.05) is 30.3 Å². The maximum Gasteiger partial charge on any atom is 0.231 e. The van der Waals surface area contributed by atoms with Gasteiger partial charge in [0.1, 0.15) is 5.76 Å². The number of rotatable bonds is 4. The highest BCUT2D eigenvalue weighted by molar-refractivity contribution is 5.92. The van der Waals surface area contributed by atoms with Crippen LogP contribution in [0.25, 0.3) is 11.5 Å². The maximum absolute atomic E-state index is 12.1. The van der Waals surface area contributed by atoms with E-state index in [0.29, 0.717) is 17.3 Å². The minimum atomic E-state index is -0.324. The Kier molecular flexibility index (Phi) is 4.05. The number of benzene rings is 1. The fourth-order valence-corrected chi connectivity index (χ4v) is 2.12. The Hall–Kier alpha value is -3.15. The van der Waals surface area contributed by atoms with Crippen molar-refractivity contribution in [2.24, 2.45) is 0 Å². The molecule has 6 heteroatoms. The quantitative estimate of drug-likeness (QED) is 0.773. The number of amides is 1. The number of carbonyl (C=O) groups is 1. The van der Waals surface area contributed by atoms with Gasteiger partial charge < -0.3 is 14.8 Å². The van der Waals surface area contributed by atoms with Crippen LogP contribution in [0.5, 0.6) is 5.75 Å². The normalized spacial score (nSPS) is 10.5. The third-order valence-corrected chi connectivity index (χ3v) is 3.29. The molecule has 3 aromatic rings. The van der Waals surface area contributed by atoms with Crippen LogP contribution in [0.15, 0.2) is 53.1 Å². The van der Waals surface area contributed by atoms with Crippen molar-refractivity contribution in [3.63, 3.8) is 0 Å². The van der Waals surface area contributed by atoms with Gasteiger partial charge in [0.25, 0.3) is 0 Å². The Morgan fingerprint density at radius 3 is 2.74 bits per heavy atom. The smallest absolute Gasteiger partial charge is 0.231 e. The molecule has 0 aliphatic rings. The number of pyridine rings is 1. The minimum absolute atomic E-state index is 0.0399. The molecule has 3 rings (SSSR count). The largest absolute Gasteiger partial charge is 0.504 e. The van der Waals surface area contributed by atoms with Crippen molar-refractivity contribution in [2.45, 2.75) is 13.3 Å². The molecule has 2 heterocycles. The SMILES string of the molecule is Cc1oc(-c2ccccc2)nc1CC(=O)Nc1ncccc1O. The molecular weight excluding hydrogens is 294 g/mol. The fourth-order valence-electron chi connectivity index (χ4n) is 2.12. The number of aryl methyl sites for hydroxylation is 1. The van der Waals surface area contributed by atoms with E-state index in [9.17, 15) is 9.90 Å². The number of nitrogens with one attached hydrogen (secondary N) is 1. The van der Waals surface area contributed by atoms with Crippen LogP contribution >= 0.6 is 0 Å². The number of aromatic hydroxyl groups is 1. The van der Waals surface area contributed by atoms with E-state index in [1.54, 1.807) is 13.0 Å². The number of oxazole rings is 1. The van der Waals surface area contributed by atoms with E-state index in [-0.39, 0.29) is 23.9 Å². The Balaban J connectivity index is 1.74. The van der Waals surface area contributed by atoms with E-state index in [4.69, 9.17) is 4.42 Å². The molecule has 6 nitrogen and oxygen atoms in total. The zero-order valence-electron chi connectivity index (χ0n) is 12.5. The van der Waals surface area contributed by atoms with Gasteiger partial charge in [0, 0.05) is 11.8 Å². The minimum Gasteiger partial charge on any atom is -0.504 e. The second-order valence-electron chi connectivity index (χ2n) is 4.98. The van der Waals surface area contributed by atoms with Crippen LogP contribution in [0.3, 0.4) is 0 Å². The monoisotopic (exact) mass is 309 g/mol. The van der Waals surface area contributed by atoms with Crippen molar-refractivity contribution in [3.05, 3.63) is 60.1 Å². The second-order valence-corrected chi connectivity index (χ2v) is 4.98. The summed E-state index contributed by atoms with van der Waals surface area (Å²) in [7, 11) is 0. The van der Waals surface area contributed by atoms with Crippen LogP contribution < -0.4 is 5.32 Å². The lowest BCUT2D eigenvalue weighted by molar-refractivity contribution is -0.115. The molecule has 116 valence electrons. The number of hydrogen-bond acceptors (Lipinski definition) is 5. The first-order chi connectivity index (χ1) is 11.1. The van der Waals surface area contributed by atoms with Gasteiger partial charge in [0.15, 0.2) is 11.6 Å². The number of carbonyl (C=O) groups excluding carboxylic acids is 1. The van der Waals surface area contributed by atoms with Gasteiger partial charge >= 0.3 is 0 Å². The molecule has 23 heavy (non-hydrogen) atoms. The summed E-state index contributed by atoms with van der Waals surface area (Å²) < 4.78 is 5.62. The predicted molar refractivity (Wildman–Crippen MR) is 84.9 cm³/mol. The summed E-state index contributed by atoms with van der Waals surface area (Å²) in [6, 6.07) is 12.5. The zero-order valence-corrected chi connectivity index (χ0v) is 12.5. The molecule has 0 atom stereocenters. The van der Waals surface area contributed by atoms with Gasteiger partial charge in [-0.25, -0.2) is 9.97 Å². The van der Waals surface area contributed by atoms with Gasteiger partial charge in [-0.15, -0.1) is 0 Å². The first-order valence-corrected chi connectivity index (χ1v) is 7.09. The Bertz CT molecular complexity index is 828. The van der Waals surface area contributed by atoms with Crippen LogP contribution in [-0.4, -0.2) is 21.0 Å². The van der Waals surface area contributed by atoms with Crippen LogP contribution in [-0.2, 0) is 11.2 Å². The maximum atomic E-state index is 12.1. The average Bonchev–Trinajstić information content (AvgIpc) is 2.91. The third-order valence-electron chi connectivity index (χ3n) is 3.29. The summed E-state index contributed by atoms with van der Waals surface area (Å²) in [4.78, 5) is 20.4. The lowest BCUT2D eigenvalue weighted by Crippen LogP contribution is -2.16. The topological polar surface area (TPSA) is 88.3 Å². The number of nitrogens with zero attached hydrogens (tertiary/aromatic N) is 2. The molecular formula is C17H15N3O3. The third kappa shape index (κ3) is 3.37. The summed E-state index contributed by atoms with van der Waals surface area (Å²) in [6.45, 7) is 1.76. The van der Waals surface area contributed by atoms with E-state index >= 15 is 0 Å². The highest BCUT2D eigenvalue weighted by Crippen LogP contribution is 2.22. The summed E-state index contributed by atoms with van der Waals surface area (Å²) in [5.74, 6) is 0.787. The van der Waals surface area contributed by atoms with Gasteiger partial charge in [-0.05, 0) is 31.2 Å². The van der Waals surface area contributed by atoms with Crippen molar-refractivity contribution in [1.82, 2.24) is 9.97 Å². The van der Waals surface area contributed by atoms with E-state index in [2.05, 4.69) is 15.3 Å². The molecule has 2 aromatic heterocycles. The van der Waals surface area contributed by atoms with E-state index in [0.717, 1.165) is 5.56 Å². The molecule has 0 unspecified atom stereocenters. The summed E-state index contributed by atoms with van der Waals surface area (Å²) in [6.07, 6.45) is 1.53. The zero-order chi connectivity index (χ0) is 16.2. The molecule has 0 aliphatic carbocycles. The van der Waals surface area contributed by atoms with Gasteiger partial charge in [0.05, 0.1) is 12.1 Å². The summed E-state index contributed by atoms with van der Waals surface area (Å²) in [5, 5.41) is 12.2. The summed E-state index contributed by atoms with van der Waals surface area (Å²) >= 11 is 0. The number of anilines is 1. The van der Waals surface area contributed by atoms with Gasteiger partial charge in [-0.1, -0.05) is 18.2 Å². The molecule has 0 saturated heterocycles. The van der Waals surface area contributed by atoms with Gasteiger partial charge in [0.2, 0.25) is 11.8 Å². The lowest BCUT2D eigenvalue weighted by atomic mass is 10.2. The standard InChI is InChI=1S/C17H15N3O3/c1-11-13(19-17(23-11)12-6-3-2-4-7-12)10-15(22)20-16-14(21)8-5-9-18-16/h2-9,21H,10H2,1H3,(H,18,20,22). The Morgan fingerprint density at radius 1 is 1.22 bits per heavy atom. The molecule has 0 saturated carbocycles. The Labute approximate surface area is 132 Å². The molecule has 1 aromatic carbocycles. The van der Waals surface area contributed by atoms with E-state index < -0.39 is 0 Å². The van der Waals surface area contributed by atoms with Crippen molar-refractivity contribution in [2.75, 3.05) is 5.32 Å². The predicted octanol–water partition coefficient (Wildman–Crippen LogP) is 2.93. The highest BCUT2D eigenvalue weighted by Gasteiger charge is 2.15. The molecule has 2 N–H and O–H groups in total. The molecule has 1 amide bonds. The lowest BCUT2D eigenvalue weighted by Gasteiger charge is -2.04. The van der Waals surface area contributed by atoms with Crippen molar-refractivity contribution in [1.29, 1.82) is 0 Å². The molecule has 0 aliphatic heterocycles. The van der Waals surface area contributed by atoms with Crippen molar-refractivity contribution in [3.8, 4) is 17.2 Å². The van der Waals surface area contributed by atoms with Crippen LogP contribution in [0.4, 0.5) is 5.82 Å². The molecule has 0 radical (unpaired) electrons. The second kappa shape index (κ2) is 6.31. The van der Waals surface area contributed by atoms with Gasteiger partial charge in [-0.2, -0.15) is 0 Å². The van der Waals surface area contributed by atoms with Crippen LogP contribution in [0, 0.1) is 6.92 Å². The molecule has 0 fully saturated rings. The van der Waals surface area contributed by atoms with Crippen molar-refractivity contribution < 1.29 is 14.3 Å². The van der Waals surface area contributed by atoms with Crippen LogP contribution in [0.2, 0.25) is 0 Å².